The summed E-state index contributed by atoms with van der Waals surface area (Å²) >= 11 is 0. The fourth-order valence-electron chi connectivity index (χ4n) is 0.744. The van der Waals surface area contributed by atoms with Crippen molar-refractivity contribution < 1.29 is 4.79 Å². The zero-order valence-electron chi connectivity index (χ0n) is 8.14. The van der Waals surface area contributed by atoms with Crippen molar-refractivity contribution in [3.63, 3.8) is 0 Å². The standard InChI is InChI=1S/C10H18O/c1-7(2)6-10(11)9(5)8(3)4/h6,8-9H,1-5H3. The quantitative estimate of drug-likeness (QED) is 0.571. The van der Waals surface area contributed by atoms with Crippen molar-refractivity contribution in [3.8, 4) is 0 Å². The van der Waals surface area contributed by atoms with E-state index in [1.807, 2.05) is 20.8 Å². The summed E-state index contributed by atoms with van der Waals surface area (Å²) in [6.45, 7) is 10.0. The zero-order valence-corrected chi connectivity index (χ0v) is 8.14. The van der Waals surface area contributed by atoms with Crippen LogP contribution in [0.5, 0.6) is 0 Å². The Morgan fingerprint density at radius 2 is 1.64 bits per heavy atom. The van der Waals surface area contributed by atoms with Gasteiger partial charge in [0.15, 0.2) is 5.78 Å². The Hall–Kier alpha value is -0.590. The third-order valence-electron chi connectivity index (χ3n) is 1.88. The van der Waals surface area contributed by atoms with Crippen LogP contribution in [0.25, 0.3) is 0 Å². The first kappa shape index (κ1) is 10.4. The summed E-state index contributed by atoms with van der Waals surface area (Å²) in [7, 11) is 0. The molecule has 0 aliphatic heterocycles. The van der Waals surface area contributed by atoms with Crippen LogP contribution in [-0.2, 0) is 4.79 Å². The van der Waals surface area contributed by atoms with Crippen molar-refractivity contribution in [2.75, 3.05) is 0 Å². The van der Waals surface area contributed by atoms with Gasteiger partial charge < -0.3 is 0 Å². The maximum absolute atomic E-state index is 11.3. The van der Waals surface area contributed by atoms with Crippen LogP contribution in [-0.4, -0.2) is 5.78 Å². The average Bonchev–Trinajstić information content (AvgIpc) is 1.84. The van der Waals surface area contributed by atoms with Gasteiger partial charge in [-0.25, -0.2) is 0 Å². The number of allylic oxidation sites excluding steroid dienone is 2. The second-order valence-electron chi connectivity index (χ2n) is 3.66. The Balaban J connectivity index is 4.15. The van der Waals surface area contributed by atoms with E-state index in [2.05, 4.69) is 13.8 Å². The summed E-state index contributed by atoms with van der Waals surface area (Å²) in [6.07, 6.45) is 1.73. The van der Waals surface area contributed by atoms with E-state index in [1.165, 1.54) is 0 Å². The molecule has 1 nitrogen and oxygen atoms in total. The molecule has 0 aromatic heterocycles. The van der Waals surface area contributed by atoms with E-state index < -0.39 is 0 Å². The monoisotopic (exact) mass is 154 g/mol. The van der Waals surface area contributed by atoms with Gasteiger partial charge in [-0.3, -0.25) is 4.79 Å². The SMILES string of the molecule is CC(C)=CC(=O)C(C)C(C)C. The van der Waals surface area contributed by atoms with Gasteiger partial charge in [-0.05, 0) is 25.8 Å². The Morgan fingerprint density at radius 3 is 1.91 bits per heavy atom. The molecular weight excluding hydrogens is 136 g/mol. The van der Waals surface area contributed by atoms with Gasteiger partial charge >= 0.3 is 0 Å². The van der Waals surface area contributed by atoms with Gasteiger partial charge in [0.05, 0.1) is 0 Å². The summed E-state index contributed by atoms with van der Waals surface area (Å²) in [5.74, 6) is 0.850. The number of carbonyl (C=O) groups is 1. The van der Waals surface area contributed by atoms with Gasteiger partial charge in [0.2, 0.25) is 0 Å². The largest absolute Gasteiger partial charge is 0.295 e. The molecule has 0 fully saturated rings. The van der Waals surface area contributed by atoms with E-state index >= 15 is 0 Å². The number of ketones is 1. The molecule has 0 bridgehead atoms. The molecule has 1 unspecified atom stereocenters. The molecule has 0 saturated heterocycles. The molecule has 0 rings (SSSR count). The van der Waals surface area contributed by atoms with Gasteiger partial charge in [0.1, 0.15) is 0 Å². The van der Waals surface area contributed by atoms with Crippen LogP contribution in [0.4, 0.5) is 0 Å². The lowest BCUT2D eigenvalue weighted by atomic mass is 9.93. The first-order valence-electron chi connectivity index (χ1n) is 4.14. The minimum absolute atomic E-state index is 0.157. The van der Waals surface area contributed by atoms with Crippen LogP contribution in [0.2, 0.25) is 0 Å². The van der Waals surface area contributed by atoms with Gasteiger partial charge in [-0.1, -0.05) is 26.3 Å². The fourth-order valence-corrected chi connectivity index (χ4v) is 0.744. The average molecular weight is 154 g/mol. The Kier molecular flexibility index (Phi) is 4.09. The van der Waals surface area contributed by atoms with Crippen LogP contribution in [0.1, 0.15) is 34.6 Å². The minimum Gasteiger partial charge on any atom is -0.295 e. The predicted octanol–water partition coefficient (Wildman–Crippen LogP) is 2.81. The highest BCUT2D eigenvalue weighted by Gasteiger charge is 2.13. The highest BCUT2D eigenvalue weighted by atomic mass is 16.1. The first-order valence-corrected chi connectivity index (χ1v) is 4.14. The van der Waals surface area contributed by atoms with Crippen molar-refractivity contribution in [2.24, 2.45) is 11.8 Å². The molecule has 0 aliphatic carbocycles. The van der Waals surface area contributed by atoms with E-state index in [0.717, 1.165) is 5.57 Å². The van der Waals surface area contributed by atoms with Gasteiger partial charge in [0.25, 0.3) is 0 Å². The van der Waals surface area contributed by atoms with Crippen LogP contribution in [0, 0.1) is 11.8 Å². The van der Waals surface area contributed by atoms with E-state index in [4.69, 9.17) is 0 Å². The lowest BCUT2D eigenvalue weighted by molar-refractivity contribution is -0.118. The van der Waals surface area contributed by atoms with Gasteiger partial charge in [-0.2, -0.15) is 0 Å². The molecule has 0 spiro atoms. The second-order valence-corrected chi connectivity index (χ2v) is 3.66. The summed E-state index contributed by atoms with van der Waals surface area (Å²) in [6, 6.07) is 0. The summed E-state index contributed by atoms with van der Waals surface area (Å²) in [5, 5.41) is 0. The molecule has 0 N–H and O–H groups in total. The molecule has 0 aliphatic rings. The van der Waals surface area contributed by atoms with Crippen LogP contribution in [0.3, 0.4) is 0 Å². The first-order chi connectivity index (χ1) is 4.95. The van der Waals surface area contributed by atoms with E-state index in [1.54, 1.807) is 6.08 Å². The van der Waals surface area contributed by atoms with Crippen molar-refractivity contribution >= 4 is 5.78 Å². The Bertz CT molecular complexity index is 162. The molecular formula is C10H18O. The molecule has 11 heavy (non-hydrogen) atoms. The van der Waals surface area contributed by atoms with E-state index in [0.29, 0.717) is 5.92 Å². The summed E-state index contributed by atoms with van der Waals surface area (Å²) in [5.41, 5.74) is 1.09. The number of hydrogen-bond acceptors (Lipinski definition) is 1. The molecule has 64 valence electrons. The molecule has 0 radical (unpaired) electrons. The third kappa shape index (κ3) is 3.97. The fraction of sp³-hybridized carbons (Fsp3) is 0.700. The lowest BCUT2D eigenvalue weighted by Crippen LogP contribution is -2.14. The molecule has 0 aromatic rings. The van der Waals surface area contributed by atoms with E-state index in [9.17, 15) is 4.79 Å². The van der Waals surface area contributed by atoms with Crippen LogP contribution >= 0.6 is 0 Å². The minimum atomic E-state index is 0.157. The summed E-state index contributed by atoms with van der Waals surface area (Å²) < 4.78 is 0. The molecule has 0 heterocycles. The molecule has 1 atom stereocenters. The molecule has 0 amide bonds. The van der Waals surface area contributed by atoms with Gasteiger partial charge in [-0.15, -0.1) is 0 Å². The Labute approximate surface area is 69.5 Å². The van der Waals surface area contributed by atoms with Crippen molar-refractivity contribution in [1.82, 2.24) is 0 Å². The lowest BCUT2D eigenvalue weighted by Gasteiger charge is -2.11. The summed E-state index contributed by atoms with van der Waals surface area (Å²) in [4.78, 5) is 11.3. The molecule has 0 saturated carbocycles. The number of hydrogen-bond donors (Lipinski definition) is 0. The predicted molar refractivity (Wildman–Crippen MR) is 48.4 cm³/mol. The second kappa shape index (κ2) is 4.32. The van der Waals surface area contributed by atoms with Crippen LogP contribution in [0.15, 0.2) is 11.6 Å². The molecule has 1 heteroatoms. The van der Waals surface area contributed by atoms with Gasteiger partial charge in [0, 0.05) is 5.92 Å². The number of rotatable bonds is 3. The highest BCUT2D eigenvalue weighted by molar-refractivity contribution is 5.92. The third-order valence-corrected chi connectivity index (χ3v) is 1.88. The zero-order chi connectivity index (χ0) is 9.02. The maximum Gasteiger partial charge on any atom is 0.158 e. The maximum atomic E-state index is 11.3. The topological polar surface area (TPSA) is 17.1 Å². The number of carbonyl (C=O) groups excluding carboxylic acids is 1. The smallest absolute Gasteiger partial charge is 0.158 e. The van der Waals surface area contributed by atoms with E-state index in [-0.39, 0.29) is 11.7 Å². The normalized spacial score (nSPS) is 12.9. The highest BCUT2D eigenvalue weighted by Crippen LogP contribution is 2.11. The van der Waals surface area contributed by atoms with Crippen molar-refractivity contribution in [1.29, 1.82) is 0 Å². The Morgan fingerprint density at radius 1 is 1.18 bits per heavy atom. The molecule has 0 aromatic carbocycles. The van der Waals surface area contributed by atoms with Crippen molar-refractivity contribution in [3.05, 3.63) is 11.6 Å². The van der Waals surface area contributed by atoms with Crippen molar-refractivity contribution in [2.45, 2.75) is 34.6 Å². The van der Waals surface area contributed by atoms with Crippen LogP contribution < -0.4 is 0 Å².